The van der Waals surface area contributed by atoms with Gasteiger partial charge in [0.2, 0.25) is 0 Å². The second kappa shape index (κ2) is 8.18. The molecule has 3 amide bonds. The summed E-state index contributed by atoms with van der Waals surface area (Å²) in [6, 6.07) is 13.0. The molecule has 6 nitrogen and oxygen atoms in total. The number of carbonyl (C=O) groups excluding carboxylic acids is 3. The fourth-order valence-corrected chi connectivity index (χ4v) is 3.83. The minimum Gasteiger partial charge on any atom is -0.320 e. The van der Waals surface area contributed by atoms with Crippen molar-refractivity contribution in [1.29, 1.82) is 0 Å². The highest BCUT2D eigenvalue weighted by atomic mass is 79.9. The number of pyridine rings is 1. The fraction of sp³-hybridized carbons (Fsp3) is 0.0476. The van der Waals surface area contributed by atoms with Crippen molar-refractivity contribution >= 4 is 62.5 Å². The molecule has 0 atom stereocenters. The molecule has 4 rings (SSSR count). The first-order valence-electron chi connectivity index (χ1n) is 8.71. The largest absolute Gasteiger partial charge is 0.320 e. The molecule has 2 heterocycles. The Hall–Kier alpha value is -2.74. The summed E-state index contributed by atoms with van der Waals surface area (Å²) in [6.45, 7) is -0.0428. The number of hydrogen-bond donors (Lipinski definition) is 1. The summed E-state index contributed by atoms with van der Waals surface area (Å²) in [5.74, 6) is -1.36. The van der Waals surface area contributed by atoms with E-state index in [1.165, 1.54) is 18.3 Å². The summed E-state index contributed by atoms with van der Waals surface area (Å²) < 4.78 is 0.732. The maximum Gasteiger partial charge on any atom is 0.274 e. The van der Waals surface area contributed by atoms with Crippen LogP contribution in [0.15, 0.2) is 59.2 Å². The number of rotatable bonds is 4. The van der Waals surface area contributed by atoms with E-state index in [0.717, 1.165) is 9.37 Å². The van der Waals surface area contributed by atoms with Gasteiger partial charge in [-0.15, -0.1) is 0 Å². The third-order valence-corrected chi connectivity index (χ3v) is 5.77. The number of benzene rings is 2. The van der Waals surface area contributed by atoms with Crippen molar-refractivity contribution in [3.63, 3.8) is 0 Å². The van der Waals surface area contributed by atoms with E-state index in [0.29, 0.717) is 11.3 Å². The molecule has 0 spiro atoms. The molecule has 1 N–H and O–H groups in total. The first-order chi connectivity index (χ1) is 14.3. The lowest BCUT2D eigenvalue weighted by atomic mass is 10.1. The molecular formula is C21H12BrCl2N3O3. The number of amides is 3. The minimum atomic E-state index is -0.476. The second-order valence-electron chi connectivity index (χ2n) is 6.48. The van der Waals surface area contributed by atoms with Crippen LogP contribution < -0.4 is 5.32 Å². The van der Waals surface area contributed by atoms with Gasteiger partial charge in [-0.25, -0.2) is 0 Å². The lowest BCUT2D eigenvalue weighted by Crippen LogP contribution is -2.29. The van der Waals surface area contributed by atoms with Crippen molar-refractivity contribution in [3.8, 4) is 0 Å². The number of nitrogens with one attached hydrogen (secondary N) is 1. The average Bonchev–Trinajstić information content (AvgIpc) is 2.95. The molecule has 1 aliphatic heterocycles. The first-order valence-corrected chi connectivity index (χ1v) is 10.3. The fourth-order valence-electron chi connectivity index (χ4n) is 3.10. The highest BCUT2D eigenvalue weighted by Crippen LogP contribution is 2.33. The highest BCUT2D eigenvalue weighted by Gasteiger charge is 2.36. The van der Waals surface area contributed by atoms with Crippen molar-refractivity contribution in [2.24, 2.45) is 0 Å². The molecule has 1 aromatic heterocycles. The molecule has 150 valence electrons. The lowest BCUT2D eigenvalue weighted by Gasteiger charge is -2.17. The Morgan fingerprint density at radius 3 is 2.27 bits per heavy atom. The second-order valence-corrected chi connectivity index (χ2v) is 8.21. The average molecular weight is 505 g/mol. The SMILES string of the molecule is O=C(Nc1ccc(Br)cc1CN1C(=O)c2cc(Cl)c(Cl)cc2C1=O)c1ccccn1. The number of nitrogens with zero attached hydrogens (tertiary/aromatic N) is 2. The number of halogens is 3. The van der Waals surface area contributed by atoms with Gasteiger partial charge in [0.25, 0.3) is 17.7 Å². The van der Waals surface area contributed by atoms with E-state index in [1.807, 2.05) is 0 Å². The molecule has 9 heteroatoms. The molecular weight excluding hydrogens is 493 g/mol. The summed E-state index contributed by atoms with van der Waals surface area (Å²) in [5, 5.41) is 3.18. The van der Waals surface area contributed by atoms with Crippen molar-refractivity contribution in [2.75, 3.05) is 5.32 Å². The van der Waals surface area contributed by atoms with Gasteiger partial charge in [0.15, 0.2) is 0 Å². The van der Waals surface area contributed by atoms with E-state index in [-0.39, 0.29) is 33.4 Å². The predicted octanol–water partition coefficient (Wildman–Crippen LogP) is 5.20. The number of imide groups is 1. The summed E-state index contributed by atoms with van der Waals surface area (Å²) in [4.78, 5) is 43.2. The van der Waals surface area contributed by atoms with E-state index >= 15 is 0 Å². The molecule has 2 aromatic carbocycles. The molecule has 0 saturated heterocycles. The zero-order chi connectivity index (χ0) is 21.4. The van der Waals surface area contributed by atoms with Crippen LogP contribution in [0.4, 0.5) is 5.69 Å². The molecule has 3 aromatic rings. The summed E-state index contributed by atoms with van der Waals surface area (Å²) >= 11 is 15.4. The normalized spacial score (nSPS) is 12.8. The van der Waals surface area contributed by atoms with E-state index in [4.69, 9.17) is 23.2 Å². The Balaban J connectivity index is 1.64. The molecule has 0 fully saturated rings. The summed E-state index contributed by atoms with van der Waals surface area (Å²) in [6.07, 6.45) is 1.52. The standard InChI is InChI=1S/C21H12BrCl2N3O3/c22-12-4-5-17(26-19(28)18-3-1-2-6-25-18)11(7-12)10-27-20(29)13-8-15(23)16(24)9-14(13)21(27)30/h1-9H,10H2,(H,26,28). The quantitative estimate of drug-likeness (QED) is 0.495. The van der Waals surface area contributed by atoms with Gasteiger partial charge in [0.05, 0.1) is 27.7 Å². The minimum absolute atomic E-state index is 0.0428. The maximum absolute atomic E-state index is 12.8. The third-order valence-electron chi connectivity index (χ3n) is 4.55. The number of carbonyl (C=O) groups is 3. The number of aromatic nitrogens is 1. The Labute approximate surface area is 189 Å². The van der Waals surface area contributed by atoms with E-state index in [2.05, 4.69) is 26.2 Å². The molecule has 0 unspecified atom stereocenters. The topological polar surface area (TPSA) is 79.4 Å². The first kappa shape index (κ1) is 20.5. The third kappa shape index (κ3) is 3.84. The van der Waals surface area contributed by atoms with Crippen LogP contribution in [0.2, 0.25) is 10.0 Å². The van der Waals surface area contributed by atoms with E-state index in [9.17, 15) is 14.4 Å². The van der Waals surface area contributed by atoms with Gasteiger partial charge in [0.1, 0.15) is 5.69 Å². The van der Waals surface area contributed by atoms with E-state index < -0.39 is 17.7 Å². The van der Waals surface area contributed by atoms with Crippen LogP contribution in [0, 0.1) is 0 Å². The van der Waals surface area contributed by atoms with Gasteiger partial charge in [-0.3, -0.25) is 24.3 Å². The molecule has 0 saturated carbocycles. The molecule has 30 heavy (non-hydrogen) atoms. The van der Waals surface area contributed by atoms with Gasteiger partial charge in [0, 0.05) is 16.4 Å². The van der Waals surface area contributed by atoms with Crippen LogP contribution >= 0.6 is 39.1 Å². The maximum atomic E-state index is 12.8. The Morgan fingerprint density at radius 2 is 1.67 bits per heavy atom. The van der Waals surface area contributed by atoms with Gasteiger partial charge < -0.3 is 5.32 Å². The van der Waals surface area contributed by atoms with Crippen molar-refractivity contribution in [1.82, 2.24) is 9.88 Å². The molecule has 1 aliphatic rings. The van der Waals surface area contributed by atoms with Crippen molar-refractivity contribution in [3.05, 3.63) is 91.6 Å². The van der Waals surface area contributed by atoms with Gasteiger partial charge in [-0.1, -0.05) is 45.2 Å². The van der Waals surface area contributed by atoms with Crippen LogP contribution in [0.25, 0.3) is 0 Å². The summed E-state index contributed by atoms with van der Waals surface area (Å²) in [7, 11) is 0. The number of hydrogen-bond acceptors (Lipinski definition) is 4. The number of anilines is 1. The van der Waals surface area contributed by atoms with Crippen LogP contribution in [-0.2, 0) is 6.54 Å². The lowest BCUT2D eigenvalue weighted by molar-refractivity contribution is 0.0642. The van der Waals surface area contributed by atoms with Crippen LogP contribution in [0.3, 0.4) is 0 Å². The molecule has 0 bridgehead atoms. The van der Waals surface area contributed by atoms with Crippen LogP contribution in [0.1, 0.15) is 36.8 Å². The van der Waals surface area contributed by atoms with Gasteiger partial charge >= 0.3 is 0 Å². The van der Waals surface area contributed by atoms with Crippen LogP contribution in [-0.4, -0.2) is 27.6 Å². The van der Waals surface area contributed by atoms with E-state index in [1.54, 1.807) is 36.4 Å². The Kier molecular flexibility index (Phi) is 5.60. The number of fused-ring (bicyclic) bond motifs is 1. The van der Waals surface area contributed by atoms with Crippen molar-refractivity contribution in [2.45, 2.75) is 6.54 Å². The van der Waals surface area contributed by atoms with Crippen molar-refractivity contribution < 1.29 is 14.4 Å². The molecule has 0 radical (unpaired) electrons. The predicted molar refractivity (Wildman–Crippen MR) is 117 cm³/mol. The van der Waals surface area contributed by atoms with Crippen LogP contribution in [0.5, 0.6) is 0 Å². The Bertz CT molecular complexity index is 1160. The monoisotopic (exact) mass is 503 g/mol. The zero-order valence-corrected chi connectivity index (χ0v) is 18.3. The Morgan fingerprint density at radius 1 is 1.00 bits per heavy atom. The highest BCUT2D eigenvalue weighted by molar-refractivity contribution is 9.10. The smallest absolute Gasteiger partial charge is 0.274 e. The zero-order valence-electron chi connectivity index (χ0n) is 15.2. The van der Waals surface area contributed by atoms with Gasteiger partial charge in [-0.05, 0) is 48.0 Å². The van der Waals surface area contributed by atoms with Gasteiger partial charge in [-0.2, -0.15) is 0 Å². The summed E-state index contributed by atoms with van der Waals surface area (Å²) in [5.41, 5.74) is 1.67. The molecule has 0 aliphatic carbocycles.